The molecule has 0 unspecified atom stereocenters. The molecule has 0 heterocycles. The quantitative estimate of drug-likeness (QED) is 0.608. The Morgan fingerprint density at radius 1 is 1.33 bits per heavy atom. The second-order valence-electron chi connectivity index (χ2n) is 3.62. The van der Waals surface area contributed by atoms with E-state index in [1.54, 1.807) is 0 Å². The third-order valence-electron chi connectivity index (χ3n) is 2.71. The van der Waals surface area contributed by atoms with Gasteiger partial charge in [-0.05, 0) is 12.3 Å². The average molecular weight is 170 g/mol. The molecule has 0 bridgehead atoms. The summed E-state index contributed by atoms with van der Waals surface area (Å²) in [7, 11) is 1.46. The van der Waals surface area contributed by atoms with E-state index in [2.05, 4.69) is 4.74 Å². The van der Waals surface area contributed by atoms with Crippen LogP contribution in [-0.4, -0.2) is 13.1 Å². The molecular weight excluding hydrogens is 152 g/mol. The lowest BCUT2D eigenvalue weighted by atomic mass is 9.86. The van der Waals surface area contributed by atoms with Gasteiger partial charge in [0.1, 0.15) is 0 Å². The van der Waals surface area contributed by atoms with Crippen molar-refractivity contribution in [3.8, 4) is 0 Å². The van der Waals surface area contributed by atoms with Crippen molar-refractivity contribution in [2.75, 3.05) is 7.11 Å². The van der Waals surface area contributed by atoms with Crippen molar-refractivity contribution in [2.45, 2.75) is 44.9 Å². The predicted molar refractivity (Wildman–Crippen MR) is 47.8 cm³/mol. The molecule has 0 N–H and O–H groups in total. The summed E-state index contributed by atoms with van der Waals surface area (Å²) in [6.07, 6.45) is 8.37. The Morgan fingerprint density at radius 3 is 2.58 bits per heavy atom. The smallest absolute Gasteiger partial charge is 0.305 e. The van der Waals surface area contributed by atoms with Crippen molar-refractivity contribution in [3.63, 3.8) is 0 Å². The number of esters is 1. The van der Waals surface area contributed by atoms with Gasteiger partial charge in [-0.3, -0.25) is 4.79 Å². The molecule has 0 spiro atoms. The summed E-state index contributed by atoms with van der Waals surface area (Å²) in [6.45, 7) is 0. The molecule has 2 heteroatoms. The van der Waals surface area contributed by atoms with Crippen LogP contribution in [0.25, 0.3) is 0 Å². The molecule has 1 rings (SSSR count). The molecule has 12 heavy (non-hydrogen) atoms. The number of rotatable bonds is 3. The minimum atomic E-state index is -0.0550. The molecular formula is C10H18O2. The minimum absolute atomic E-state index is 0.0550. The van der Waals surface area contributed by atoms with E-state index in [0.29, 0.717) is 6.42 Å². The van der Waals surface area contributed by atoms with Crippen LogP contribution in [0, 0.1) is 5.92 Å². The summed E-state index contributed by atoms with van der Waals surface area (Å²) in [4.78, 5) is 10.8. The Labute approximate surface area is 74.3 Å². The molecule has 0 aromatic rings. The SMILES string of the molecule is COC(=O)CCC1CCCCC1. The molecule has 0 amide bonds. The van der Waals surface area contributed by atoms with Gasteiger partial charge >= 0.3 is 5.97 Å². The zero-order chi connectivity index (χ0) is 8.81. The number of ether oxygens (including phenoxy) is 1. The van der Waals surface area contributed by atoms with Crippen molar-refractivity contribution in [3.05, 3.63) is 0 Å². The van der Waals surface area contributed by atoms with Gasteiger partial charge in [0.15, 0.2) is 0 Å². The third-order valence-corrected chi connectivity index (χ3v) is 2.71. The second kappa shape index (κ2) is 5.18. The summed E-state index contributed by atoms with van der Waals surface area (Å²) >= 11 is 0. The van der Waals surface area contributed by atoms with Crippen LogP contribution < -0.4 is 0 Å². The van der Waals surface area contributed by atoms with Crippen molar-refractivity contribution in [1.29, 1.82) is 0 Å². The lowest BCUT2D eigenvalue weighted by Gasteiger charge is -2.20. The Balaban J connectivity index is 2.09. The van der Waals surface area contributed by atoms with Crippen LogP contribution in [0.1, 0.15) is 44.9 Å². The van der Waals surface area contributed by atoms with E-state index in [-0.39, 0.29) is 5.97 Å². The van der Waals surface area contributed by atoms with Crippen LogP contribution in [0.15, 0.2) is 0 Å². The van der Waals surface area contributed by atoms with E-state index in [1.165, 1.54) is 39.2 Å². The van der Waals surface area contributed by atoms with Gasteiger partial charge in [0.05, 0.1) is 7.11 Å². The molecule has 1 aliphatic carbocycles. The molecule has 0 aromatic heterocycles. The highest BCUT2D eigenvalue weighted by molar-refractivity contribution is 5.69. The van der Waals surface area contributed by atoms with Crippen molar-refractivity contribution >= 4 is 5.97 Å². The van der Waals surface area contributed by atoms with Crippen LogP contribution >= 0.6 is 0 Å². The maximum Gasteiger partial charge on any atom is 0.305 e. The third kappa shape index (κ3) is 3.24. The number of carbonyl (C=O) groups is 1. The molecule has 70 valence electrons. The molecule has 2 nitrogen and oxygen atoms in total. The summed E-state index contributed by atoms with van der Waals surface area (Å²) in [5, 5.41) is 0. The Bertz CT molecular complexity index is 137. The van der Waals surface area contributed by atoms with E-state index in [0.717, 1.165) is 12.3 Å². The number of methoxy groups -OCH3 is 1. The van der Waals surface area contributed by atoms with E-state index in [1.807, 2.05) is 0 Å². The van der Waals surface area contributed by atoms with Gasteiger partial charge in [-0.2, -0.15) is 0 Å². The van der Waals surface area contributed by atoms with Gasteiger partial charge in [-0.25, -0.2) is 0 Å². The fourth-order valence-electron chi connectivity index (χ4n) is 1.90. The Morgan fingerprint density at radius 2 is 2.00 bits per heavy atom. The minimum Gasteiger partial charge on any atom is -0.469 e. The first-order valence-corrected chi connectivity index (χ1v) is 4.89. The first-order chi connectivity index (χ1) is 5.83. The summed E-state index contributed by atoms with van der Waals surface area (Å²) < 4.78 is 4.60. The van der Waals surface area contributed by atoms with Gasteiger partial charge in [-0.1, -0.05) is 32.1 Å². The molecule has 1 fully saturated rings. The van der Waals surface area contributed by atoms with E-state index in [4.69, 9.17) is 0 Å². The maximum absolute atomic E-state index is 10.8. The number of hydrogen-bond acceptors (Lipinski definition) is 2. The first-order valence-electron chi connectivity index (χ1n) is 4.89. The lowest BCUT2D eigenvalue weighted by Crippen LogP contribution is -2.09. The first kappa shape index (κ1) is 9.56. The topological polar surface area (TPSA) is 26.3 Å². The van der Waals surface area contributed by atoms with Crippen LogP contribution in [0.5, 0.6) is 0 Å². The number of carbonyl (C=O) groups excluding carboxylic acids is 1. The lowest BCUT2D eigenvalue weighted by molar-refractivity contribution is -0.141. The van der Waals surface area contributed by atoms with Crippen LogP contribution in [0.4, 0.5) is 0 Å². The second-order valence-corrected chi connectivity index (χ2v) is 3.62. The van der Waals surface area contributed by atoms with Gasteiger partial charge in [0.25, 0.3) is 0 Å². The van der Waals surface area contributed by atoms with Crippen LogP contribution in [0.3, 0.4) is 0 Å². The van der Waals surface area contributed by atoms with E-state index < -0.39 is 0 Å². The molecule has 0 atom stereocenters. The zero-order valence-electron chi connectivity index (χ0n) is 7.84. The monoisotopic (exact) mass is 170 g/mol. The van der Waals surface area contributed by atoms with Crippen molar-refractivity contribution in [1.82, 2.24) is 0 Å². The summed E-state index contributed by atoms with van der Waals surface area (Å²) in [6, 6.07) is 0. The Hall–Kier alpha value is -0.530. The van der Waals surface area contributed by atoms with Gasteiger partial charge in [0, 0.05) is 6.42 Å². The number of hydrogen-bond donors (Lipinski definition) is 0. The normalized spacial score (nSPS) is 19.1. The molecule has 0 aliphatic heterocycles. The van der Waals surface area contributed by atoms with Gasteiger partial charge < -0.3 is 4.74 Å². The standard InChI is InChI=1S/C10H18O2/c1-12-10(11)8-7-9-5-3-2-4-6-9/h9H,2-8H2,1H3. The predicted octanol–water partition coefficient (Wildman–Crippen LogP) is 2.52. The van der Waals surface area contributed by atoms with Gasteiger partial charge in [0.2, 0.25) is 0 Å². The fraction of sp³-hybridized carbons (Fsp3) is 0.900. The Kier molecular flexibility index (Phi) is 4.12. The van der Waals surface area contributed by atoms with E-state index in [9.17, 15) is 4.79 Å². The van der Waals surface area contributed by atoms with Crippen molar-refractivity contribution in [2.24, 2.45) is 5.92 Å². The summed E-state index contributed by atoms with van der Waals surface area (Å²) in [5.41, 5.74) is 0. The molecule has 0 radical (unpaired) electrons. The van der Waals surface area contributed by atoms with Crippen LogP contribution in [-0.2, 0) is 9.53 Å². The highest BCUT2D eigenvalue weighted by atomic mass is 16.5. The molecule has 1 saturated carbocycles. The van der Waals surface area contributed by atoms with Gasteiger partial charge in [-0.15, -0.1) is 0 Å². The molecule has 0 aromatic carbocycles. The van der Waals surface area contributed by atoms with Crippen molar-refractivity contribution < 1.29 is 9.53 Å². The molecule has 1 aliphatic rings. The zero-order valence-corrected chi connectivity index (χ0v) is 7.84. The highest BCUT2D eigenvalue weighted by Crippen LogP contribution is 2.27. The molecule has 0 saturated heterocycles. The highest BCUT2D eigenvalue weighted by Gasteiger charge is 2.14. The van der Waals surface area contributed by atoms with E-state index >= 15 is 0 Å². The maximum atomic E-state index is 10.8. The largest absolute Gasteiger partial charge is 0.469 e. The fourth-order valence-corrected chi connectivity index (χ4v) is 1.90. The summed E-state index contributed by atoms with van der Waals surface area (Å²) in [5.74, 6) is 0.735. The average Bonchev–Trinajstić information content (AvgIpc) is 2.16. The van der Waals surface area contributed by atoms with Crippen LogP contribution in [0.2, 0.25) is 0 Å².